The smallest absolute Gasteiger partial charge is 0.259 e. The molecule has 0 saturated carbocycles. The van der Waals surface area contributed by atoms with E-state index in [-0.39, 0.29) is 18.0 Å². The van der Waals surface area contributed by atoms with Gasteiger partial charge in [-0.25, -0.2) is 0 Å². The zero-order valence-corrected chi connectivity index (χ0v) is 16.1. The quantitative estimate of drug-likeness (QED) is 0.772. The van der Waals surface area contributed by atoms with Crippen LogP contribution in [0.3, 0.4) is 0 Å². The van der Waals surface area contributed by atoms with E-state index >= 15 is 0 Å². The van der Waals surface area contributed by atoms with Gasteiger partial charge in [-0.1, -0.05) is 0 Å². The van der Waals surface area contributed by atoms with Crippen LogP contribution in [-0.4, -0.2) is 56.4 Å². The Bertz CT molecular complexity index is 875. The van der Waals surface area contributed by atoms with Gasteiger partial charge >= 0.3 is 0 Å². The van der Waals surface area contributed by atoms with Crippen molar-refractivity contribution in [3.05, 3.63) is 34.7 Å². The lowest BCUT2D eigenvalue weighted by Crippen LogP contribution is -2.43. The molecule has 1 atom stereocenters. The molecule has 0 aliphatic carbocycles. The summed E-state index contributed by atoms with van der Waals surface area (Å²) in [7, 11) is 4.77. The number of carbonyl (C=O) groups excluding carboxylic acids is 1. The van der Waals surface area contributed by atoms with Gasteiger partial charge in [0.2, 0.25) is 5.91 Å². The van der Waals surface area contributed by atoms with Crippen LogP contribution in [0, 0.1) is 5.92 Å². The predicted octanol–water partition coefficient (Wildman–Crippen LogP) is 1.90. The number of pyridine rings is 1. The molecule has 0 bridgehead atoms. The van der Waals surface area contributed by atoms with Crippen LogP contribution in [-0.2, 0) is 16.1 Å². The fourth-order valence-corrected chi connectivity index (χ4v) is 3.72. The van der Waals surface area contributed by atoms with Crippen LogP contribution in [0.1, 0.15) is 12.8 Å². The fourth-order valence-electron chi connectivity index (χ4n) is 3.72. The molecule has 2 heterocycles. The number of benzene rings is 1. The first kappa shape index (κ1) is 19.2. The number of piperidine rings is 1. The number of fused-ring (bicyclic) bond motifs is 1. The minimum absolute atomic E-state index is 0.0306. The molecule has 1 unspecified atom stereocenters. The van der Waals surface area contributed by atoms with E-state index in [1.165, 1.54) is 4.57 Å². The summed E-state index contributed by atoms with van der Waals surface area (Å²) in [6.45, 7) is 2.09. The lowest BCUT2D eigenvalue weighted by molar-refractivity contribution is -0.134. The van der Waals surface area contributed by atoms with Gasteiger partial charge in [0.15, 0.2) is 11.5 Å². The minimum atomic E-state index is -0.216. The Kier molecular flexibility index (Phi) is 6.01. The summed E-state index contributed by atoms with van der Waals surface area (Å²) in [4.78, 5) is 27.4. The van der Waals surface area contributed by atoms with Gasteiger partial charge in [-0.15, -0.1) is 0 Å². The summed E-state index contributed by atoms with van der Waals surface area (Å²) in [6.07, 6.45) is 3.67. The first-order valence-corrected chi connectivity index (χ1v) is 9.10. The number of hydrogen-bond donors (Lipinski definition) is 0. The molecule has 1 aliphatic rings. The average molecular weight is 374 g/mol. The van der Waals surface area contributed by atoms with Crippen molar-refractivity contribution in [2.24, 2.45) is 5.92 Å². The minimum Gasteiger partial charge on any atom is -0.493 e. The van der Waals surface area contributed by atoms with E-state index in [1.807, 2.05) is 4.90 Å². The van der Waals surface area contributed by atoms with Crippen LogP contribution in [0.15, 0.2) is 29.2 Å². The van der Waals surface area contributed by atoms with Crippen LogP contribution < -0.4 is 15.0 Å². The third-order valence-corrected chi connectivity index (χ3v) is 5.08. The Labute approximate surface area is 158 Å². The number of rotatable bonds is 6. The van der Waals surface area contributed by atoms with Crippen LogP contribution in [0.25, 0.3) is 10.8 Å². The first-order valence-electron chi connectivity index (χ1n) is 9.10. The monoisotopic (exact) mass is 374 g/mol. The number of methoxy groups -OCH3 is 3. The normalized spacial score (nSPS) is 17.1. The van der Waals surface area contributed by atoms with Crippen molar-refractivity contribution in [3.8, 4) is 11.5 Å². The molecule has 1 aromatic heterocycles. The Balaban J connectivity index is 1.84. The van der Waals surface area contributed by atoms with Crippen molar-refractivity contribution < 1.29 is 19.0 Å². The summed E-state index contributed by atoms with van der Waals surface area (Å²) in [6, 6.07) is 5.19. The van der Waals surface area contributed by atoms with Gasteiger partial charge < -0.3 is 23.7 Å². The van der Waals surface area contributed by atoms with Gasteiger partial charge in [0, 0.05) is 31.8 Å². The van der Waals surface area contributed by atoms with E-state index in [9.17, 15) is 9.59 Å². The van der Waals surface area contributed by atoms with Crippen LogP contribution in [0.2, 0.25) is 0 Å². The van der Waals surface area contributed by atoms with Crippen LogP contribution >= 0.6 is 0 Å². The molecule has 2 aromatic rings. The zero-order valence-electron chi connectivity index (χ0n) is 16.1. The Morgan fingerprint density at radius 2 is 1.96 bits per heavy atom. The molecule has 1 aromatic carbocycles. The van der Waals surface area contributed by atoms with E-state index in [0.717, 1.165) is 19.4 Å². The molecule has 0 spiro atoms. The Morgan fingerprint density at radius 1 is 1.15 bits per heavy atom. The highest BCUT2D eigenvalue weighted by molar-refractivity contribution is 5.90. The van der Waals surface area contributed by atoms with E-state index in [2.05, 4.69) is 0 Å². The summed E-state index contributed by atoms with van der Waals surface area (Å²) < 4.78 is 17.4. The molecule has 0 N–H and O–H groups in total. The number of hydrogen-bond acceptors (Lipinski definition) is 5. The lowest BCUT2D eigenvalue weighted by Gasteiger charge is -2.32. The van der Waals surface area contributed by atoms with Crippen LogP contribution in [0.5, 0.6) is 11.5 Å². The number of likely N-dealkylation sites (tertiary alicyclic amines) is 1. The van der Waals surface area contributed by atoms with Crippen LogP contribution in [0.4, 0.5) is 0 Å². The predicted molar refractivity (Wildman–Crippen MR) is 102 cm³/mol. The maximum Gasteiger partial charge on any atom is 0.259 e. The Morgan fingerprint density at radius 3 is 2.67 bits per heavy atom. The van der Waals surface area contributed by atoms with Gasteiger partial charge in [-0.2, -0.15) is 0 Å². The summed E-state index contributed by atoms with van der Waals surface area (Å²) in [5.74, 6) is 1.40. The van der Waals surface area contributed by atoms with Gasteiger partial charge in [-0.3, -0.25) is 9.59 Å². The molecule has 27 heavy (non-hydrogen) atoms. The van der Waals surface area contributed by atoms with E-state index < -0.39 is 0 Å². The summed E-state index contributed by atoms with van der Waals surface area (Å²) in [5.41, 5.74) is -0.216. The lowest BCUT2D eigenvalue weighted by atomic mass is 9.99. The SMILES string of the molecule is COCC1CCCN(C(=O)Cn2ccc3c(OC)c(OC)ccc3c2=O)C1. The number of ether oxygens (including phenoxy) is 3. The molecule has 1 saturated heterocycles. The number of aromatic nitrogens is 1. The average Bonchev–Trinajstić information content (AvgIpc) is 2.69. The first-order chi connectivity index (χ1) is 13.1. The summed E-state index contributed by atoms with van der Waals surface area (Å²) in [5, 5.41) is 1.17. The van der Waals surface area contributed by atoms with E-state index in [0.29, 0.717) is 41.3 Å². The zero-order chi connectivity index (χ0) is 19.4. The van der Waals surface area contributed by atoms with Crippen molar-refractivity contribution in [1.82, 2.24) is 9.47 Å². The molecule has 3 rings (SSSR count). The fraction of sp³-hybridized carbons (Fsp3) is 0.500. The Hall–Kier alpha value is -2.54. The second-order valence-corrected chi connectivity index (χ2v) is 6.81. The second-order valence-electron chi connectivity index (χ2n) is 6.81. The molecule has 1 amide bonds. The van der Waals surface area contributed by atoms with Crippen molar-refractivity contribution in [2.75, 3.05) is 41.0 Å². The topological polar surface area (TPSA) is 70.0 Å². The van der Waals surface area contributed by atoms with Crippen molar-refractivity contribution in [1.29, 1.82) is 0 Å². The largest absolute Gasteiger partial charge is 0.493 e. The summed E-state index contributed by atoms with van der Waals surface area (Å²) >= 11 is 0. The molecular formula is C20H26N2O5. The van der Waals surface area contributed by atoms with Gasteiger partial charge in [0.05, 0.1) is 26.2 Å². The van der Waals surface area contributed by atoms with Gasteiger partial charge in [0.1, 0.15) is 6.54 Å². The maximum atomic E-state index is 12.9. The highest BCUT2D eigenvalue weighted by Gasteiger charge is 2.24. The van der Waals surface area contributed by atoms with Gasteiger partial charge in [0.25, 0.3) is 5.56 Å². The molecule has 1 aliphatic heterocycles. The number of amides is 1. The molecule has 7 nitrogen and oxygen atoms in total. The van der Waals surface area contributed by atoms with Crippen molar-refractivity contribution in [2.45, 2.75) is 19.4 Å². The number of nitrogens with zero attached hydrogens (tertiary/aromatic N) is 2. The molecular weight excluding hydrogens is 348 g/mol. The number of carbonyl (C=O) groups is 1. The third kappa shape index (κ3) is 3.93. The van der Waals surface area contributed by atoms with Gasteiger partial charge in [-0.05, 0) is 37.0 Å². The maximum absolute atomic E-state index is 12.9. The highest BCUT2D eigenvalue weighted by atomic mass is 16.5. The molecule has 0 radical (unpaired) electrons. The highest BCUT2D eigenvalue weighted by Crippen LogP contribution is 2.33. The molecule has 1 fully saturated rings. The standard InChI is InChI=1S/C20H26N2O5/c1-25-13-14-5-4-9-21(11-14)18(23)12-22-10-8-15-16(20(22)24)6-7-17(26-2)19(15)27-3/h6-8,10,14H,4-5,9,11-13H2,1-3H3. The molecule has 146 valence electrons. The van der Waals surface area contributed by atoms with E-state index in [4.69, 9.17) is 14.2 Å². The third-order valence-electron chi connectivity index (χ3n) is 5.08. The molecule has 7 heteroatoms. The van der Waals surface area contributed by atoms with Crippen molar-refractivity contribution in [3.63, 3.8) is 0 Å². The second kappa shape index (κ2) is 8.43. The van der Waals surface area contributed by atoms with Crippen molar-refractivity contribution >= 4 is 16.7 Å². The van der Waals surface area contributed by atoms with E-state index in [1.54, 1.807) is 45.7 Å².